The van der Waals surface area contributed by atoms with Crippen LogP contribution in [0.15, 0.2) is 41.4 Å². The van der Waals surface area contributed by atoms with Crippen LogP contribution in [0.1, 0.15) is 18.4 Å². The van der Waals surface area contributed by atoms with E-state index in [-0.39, 0.29) is 4.90 Å². The number of aromatic nitrogens is 2. The van der Waals surface area contributed by atoms with Gasteiger partial charge in [-0.25, -0.2) is 12.7 Å². The molecule has 3 aromatic rings. The fraction of sp³-hybridized carbons (Fsp3) is 0.381. The van der Waals surface area contributed by atoms with Gasteiger partial charge in [-0.05, 0) is 48.7 Å². The molecule has 1 N–H and O–H groups in total. The molecule has 0 unspecified atom stereocenters. The topological polar surface area (TPSA) is 78.5 Å². The summed E-state index contributed by atoms with van der Waals surface area (Å²) in [5, 5.41) is 0. The van der Waals surface area contributed by atoms with E-state index in [9.17, 15) is 8.42 Å². The molecule has 0 bridgehead atoms. The van der Waals surface area contributed by atoms with Crippen LogP contribution in [0, 0.1) is 0 Å². The predicted octanol–water partition coefficient (Wildman–Crippen LogP) is 3.23. The highest BCUT2D eigenvalue weighted by Gasteiger charge is 2.23. The number of fused-ring (bicyclic) bond motifs is 1. The molecule has 1 saturated heterocycles. The maximum atomic E-state index is 12.7. The molecule has 1 fully saturated rings. The molecule has 0 atom stereocenters. The second-order valence-electron chi connectivity index (χ2n) is 7.55. The van der Waals surface area contributed by atoms with Crippen molar-refractivity contribution in [2.75, 3.05) is 39.2 Å². The normalized spacial score (nSPS) is 15.0. The van der Waals surface area contributed by atoms with Gasteiger partial charge in [-0.1, -0.05) is 0 Å². The summed E-state index contributed by atoms with van der Waals surface area (Å²) in [6.07, 6.45) is 4.09. The van der Waals surface area contributed by atoms with Crippen LogP contribution in [0.3, 0.4) is 0 Å². The molecule has 3 heterocycles. The number of benzene rings is 1. The molecular formula is C21H26N4O3S. The highest BCUT2D eigenvalue weighted by Crippen LogP contribution is 2.36. The first-order chi connectivity index (χ1) is 13.9. The third-order valence-corrected chi connectivity index (χ3v) is 7.13. The van der Waals surface area contributed by atoms with Crippen molar-refractivity contribution in [3.63, 3.8) is 0 Å². The molecule has 7 nitrogen and oxygen atoms in total. The van der Waals surface area contributed by atoms with Crippen molar-refractivity contribution in [3.8, 4) is 11.3 Å². The van der Waals surface area contributed by atoms with Gasteiger partial charge in [0.1, 0.15) is 0 Å². The maximum absolute atomic E-state index is 12.7. The first-order valence-electron chi connectivity index (χ1n) is 9.68. The minimum Gasteiger partial charge on any atom is -0.380 e. The summed E-state index contributed by atoms with van der Waals surface area (Å²) in [6.45, 7) is 2.44. The molecule has 8 heteroatoms. The molecule has 154 valence electrons. The number of hydrogen-bond donors (Lipinski definition) is 1. The summed E-state index contributed by atoms with van der Waals surface area (Å²) >= 11 is 0. The number of nitrogens with one attached hydrogen (secondary N) is 1. The first-order valence-corrected chi connectivity index (χ1v) is 11.1. The smallest absolute Gasteiger partial charge is 0.242 e. The Kier molecular flexibility index (Phi) is 5.33. The lowest BCUT2D eigenvalue weighted by atomic mass is 10.1. The quantitative estimate of drug-likeness (QED) is 0.670. The third kappa shape index (κ3) is 3.75. The Labute approximate surface area is 171 Å². The Bertz CT molecular complexity index is 1130. The predicted molar refractivity (Wildman–Crippen MR) is 115 cm³/mol. The van der Waals surface area contributed by atoms with Crippen LogP contribution in [-0.4, -0.2) is 57.0 Å². The van der Waals surface area contributed by atoms with Crippen LogP contribution >= 0.6 is 0 Å². The van der Waals surface area contributed by atoms with Crippen LogP contribution in [0.25, 0.3) is 22.3 Å². The number of methoxy groups -OCH3 is 1. The van der Waals surface area contributed by atoms with Gasteiger partial charge < -0.3 is 14.6 Å². The van der Waals surface area contributed by atoms with Crippen molar-refractivity contribution < 1.29 is 13.2 Å². The molecule has 1 aromatic carbocycles. The number of rotatable bonds is 6. The van der Waals surface area contributed by atoms with Gasteiger partial charge in [-0.2, -0.15) is 0 Å². The van der Waals surface area contributed by atoms with Gasteiger partial charge in [-0.3, -0.25) is 4.98 Å². The molecule has 2 aromatic heterocycles. The summed E-state index contributed by atoms with van der Waals surface area (Å²) in [4.78, 5) is 10.6. The lowest BCUT2D eigenvalue weighted by Gasteiger charge is -2.22. The Morgan fingerprint density at radius 1 is 1.17 bits per heavy atom. The van der Waals surface area contributed by atoms with Crippen LogP contribution < -0.4 is 4.90 Å². The molecule has 0 saturated carbocycles. The van der Waals surface area contributed by atoms with Crippen LogP contribution in [0.2, 0.25) is 0 Å². The second kappa shape index (κ2) is 7.78. The van der Waals surface area contributed by atoms with E-state index < -0.39 is 10.0 Å². The zero-order chi connectivity index (χ0) is 20.6. The van der Waals surface area contributed by atoms with Crippen molar-refractivity contribution in [1.29, 1.82) is 0 Å². The molecule has 0 radical (unpaired) electrons. The summed E-state index contributed by atoms with van der Waals surface area (Å²) in [5.41, 5.74) is 5.51. The van der Waals surface area contributed by atoms with Gasteiger partial charge in [0.25, 0.3) is 0 Å². The van der Waals surface area contributed by atoms with Crippen molar-refractivity contribution in [2.45, 2.75) is 24.3 Å². The molecule has 0 spiro atoms. The van der Waals surface area contributed by atoms with E-state index in [1.807, 2.05) is 18.2 Å². The zero-order valence-corrected chi connectivity index (χ0v) is 17.8. The van der Waals surface area contributed by atoms with E-state index in [0.29, 0.717) is 6.61 Å². The minimum absolute atomic E-state index is 0.284. The highest BCUT2D eigenvalue weighted by molar-refractivity contribution is 7.89. The van der Waals surface area contributed by atoms with Crippen molar-refractivity contribution in [2.24, 2.45) is 0 Å². The molecule has 0 aliphatic carbocycles. The maximum Gasteiger partial charge on any atom is 0.242 e. The number of nitrogens with zero attached hydrogens (tertiary/aromatic N) is 3. The number of anilines is 1. The summed E-state index contributed by atoms with van der Waals surface area (Å²) in [6, 6.07) is 9.39. The van der Waals surface area contributed by atoms with Gasteiger partial charge in [0.05, 0.1) is 28.2 Å². The van der Waals surface area contributed by atoms with Crippen LogP contribution in [0.5, 0.6) is 0 Å². The Morgan fingerprint density at radius 3 is 2.62 bits per heavy atom. The summed E-state index contributed by atoms with van der Waals surface area (Å²) < 4.78 is 31.9. The van der Waals surface area contributed by atoms with E-state index >= 15 is 0 Å². The van der Waals surface area contributed by atoms with Crippen LogP contribution in [-0.2, 0) is 21.4 Å². The van der Waals surface area contributed by atoms with Crippen molar-refractivity contribution >= 4 is 26.7 Å². The van der Waals surface area contributed by atoms with Gasteiger partial charge in [-0.15, -0.1) is 0 Å². The monoisotopic (exact) mass is 414 g/mol. The van der Waals surface area contributed by atoms with Gasteiger partial charge in [0.2, 0.25) is 10.0 Å². The lowest BCUT2D eigenvalue weighted by Crippen LogP contribution is -2.23. The zero-order valence-electron chi connectivity index (χ0n) is 17.0. The van der Waals surface area contributed by atoms with Crippen molar-refractivity contribution in [1.82, 2.24) is 14.3 Å². The second-order valence-corrected chi connectivity index (χ2v) is 9.70. The average molecular weight is 415 g/mol. The van der Waals surface area contributed by atoms with Gasteiger partial charge in [0.15, 0.2) is 0 Å². The number of pyridine rings is 1. The van der Waals surface area contributed by atoms with E-state index in [1.54, 1.807) is 39.5 Å². The van der Waals surface area contributed by atoms with Crippen molar-refractivity contribution in [3.05, 3.63) is 42.1 Å². The molecular weight excluding hydrogens is 388 g/mol. The average Bonchev–Trinajstić information content (AvgIpc) is 3.37. The van der Waals surface area contributed by atoms with Crippen LogP contribution in [0.4, 0.5) is 5.69 Å². The third-order valence-electron chi connectivity index (χ3n) is 5.32. The Balaban J connectivity index is 1.86. The van der Waals surface area contributed by atoms with E-state index in [2.05, 4.69) is 14.9 Å². The van der Waals surface area contributed by atoms with Gasteiger partial charge in [0, 0.05) is 51.7 Å². The number of ether oxygens (including phenoxy) is 1. The Hall–Kier alpha value is -2.42. The number of H-pyrrole nitrogens is 1. The fourth-order valence-corrected chi connectivity index (χ4v) is 4.71. The van der Waals surface area contributed by atoms with E-state index in [1.165, 1.54) is 4.31 Å². The largest absolute Gasteiger partial charge is 0.380 e. The number of hydrogen-bond acceptors (Lipinski definition) is 5. The highest BCUT2D eigenvalue weighted by atomic mass is 32.2. The van der Waals surface area contributed by atoms with E-state index in [0.717, 1.165) is 59.5 Å². The fourth-order valence-electron chi connectivity index (χ4n) is 3.78. The first kappa shape index (κ1) is 19.9. The number of sulfonamides is 1. The van der Waals surface area contributed by atoms with E-state index in [4.69, 9.17) is 4.74 Å². The minimum atomic E-state index is -3.52. The molecule has 4 rings (SSSR count). The SMILES string of the molecule is COCc1cnc2cc(-c3cc(S(=O)(=O)N(C)C)ccc3N3CCCC3)[nH]c2c1. The van der Waals surface area contributed by atoms with Gasteiger partial charge >= 0.3 is 0 Å². The summed E-state index contributed by atoms with van der Waals surface area (Å²) in [7, 11) is 1.23. The standard InChI is InChI=1S/C21H26N4O3S/c1-24(2)29(26,27)16-6-7-21(25-8-4-5-9-25)17(11-16)18-12-19-20(23-18)10-15(13-22-19)14-28-3/h6-7,10-13,23H,4-5,8-9,14H2,1-3H3. The molecule has 0 amide bonds. The number of aromatic amines is 1. The summed E-state index contributed by atoms with van der Waals surface area (Å²) in [5.74, 6) is 0. The molecule has 29 heavy (non-hydrogen) atoms. The lowest BCUT2D eigenvalue weighted by molar-refractivity contribution is 0.184. The Morgan fingerprint density at radius 2 is 1.93 bits per heavy atom. The molecule has 1 aliphatic heterocycles. The molecule has 1 aliphatic rings.